The van der Waals surface area contributed by atoms with Crippen molar-refractivity contribution in [2.45, 2.75) is 27.7 Å². The number of ether oxygens (including phenoxy) is 8. The van der Waals surface area contributed by atoms with Crippen LogP contribution in [0.2, 0.25) is 0 Å². The highest BCUT2D eigenvalue weighted by atomic mass is 32.1. The average Bonchev–Trinajstić information content (AvgIpc) is 2.98. The van der Waals surface area contributed by atoms with Crippen LogP contribution < -0.4 is 18.9 Å². The highest BCUT2D eigenvalue weighted by Gasteiger charge is 2.23. The van der Waals surface area contributed by atoms with Crippen LogP contribution in [0.25, 0.3) is 11.1 Å². The molecule has 0 fully saturated rings. The minimum atomic E-state index is -1.54. The first-order valence-corrected chi connectivity index (χ1v) is 13.4. The lowest BCUT2D eigenvalue weighted by molar-refractivity contribution is -0.135. The van der Waals surface area contributed by atoms with Gasteiger partial charge in [0.05, 0.1) is 0 Å². The summed E-state index contributed by atoms with van der Waals surface area (Å²) in [6.07, 6.45) is -4.53. The topological polar surface area (TPSA) is 193 Å². The van der Waals surface area contributed by atoms with E-state index in [0.29, 0.717) is 0 Å². The van der Waals surface area contributed by atoms with Crippen LogP contribution in [0.15, 0.2) is 85.0 Å². The molecule has 0 heterocycles. The third-order valence-corrected chi connectivity index (χ3v) is 5.26. The van der Waals surface area contributed by atoms with Crippen molar-refractivity contribution in [2.75, 3.05) is 0 Å². The van der Waals surface area contributed by atoms with Crippen LogP contribution in [0.4, 0.5) is 14.4 Å². The van der Waals surface area contributed by atoms with E-state index < -0.39 is 59.1 Å². The summed E-state index contributed by atoms with van der Waals surface area (Å²) in [7, 11) is 0. The van der Waals surface area contributed by atoms with E-state index in [0.717, 1.165) is 12.1 Å². The summed E-state index contributed by atoms with van der Waals surface area (Å²) in [5, 5.41) is -0.739. The van der Waals surface area contributed by atoms with E-state index in [2.05, 4.69) is 40.5 Å². The molecule has 0 radical (unpaired) electrons. The number of rotatable bonds is 9. The zero-order valence-corrected chi connectivity index (χ0v) is 26.6. The maximum Gasteiger partial charge on any atom is 0.522 e. The first kappa shape index (κ1) is 37.8. The Morgan fingerprint density at radius 3 is 1.08 bits per heavy atom. The number of carbonyl (C=O) groups excluding carboxylic acids is 7. The maximum absolute atomic E-state index is 12.3. The molecular formula is C32H26O15S. The third kappa shape index (κ3) is 11.5. The van der Waals surface area contributed by atoms with E-state index in [1.165, 1.54) is 52.0 Å². The van der Waals surface area contributed by atoms with Gasteiger partial charge in [0.1, 0.15) is 0 Å². The molecule has 2 aromatic rings. The first-order chi connectivity index (χ1) is 22.4. The zero-order chi connectivity index (χ0) is 36.3. The van der Waals surface area contributed by atoms with Crippen LogP contribution in [0.5, 0.6) is 23.0 Å². The van der Waals surface area contributed by atoms with Crippen molar-refractivity contribution in [1.29, 1.82) is 0 Å². The van der Waals surface area contributed by atoms with Gasteiger partial charge in [0.2, 0.25) is 0 Å². The second-order valence-electron chi connectivity index (χ2n) is 9.41. The highest BCUT2D eigenvalue weighted by Crippen LogP contribution is 2.38. The molecule has 16 heteroatoms. The molecule has 0 bridgehead atoms. The second-order valence-corrected chi connectivity index (χ2v) is 9.74. The molecule has 0 aliphatic heterocycles. The van der Waals surface area contributed by atoms with Gasteiger partial charge >= 0.3 is 47.6 Å². The minimum Gasteiger partial charge on any atom is -0.413 e. The normalized spacial score (nSPS) is 9.83. The fraction of sp³-hybridized carbons (Fsp3) is 0.125. The highest BCUT2D eigenvalue weighted by molar-refractivity contribution is 7.79. The molecule has 2 rings (SSSR count). The van der Waals surface area contributed by atoms with Crippen LogP contribution in [0.3, 0.4) is 0 Å². The molecule has 0 unspecified atom stereocenters. The van der Waals surface area contributed by atoms with Crippen LogP contribution in [-0.4, -0.2) is 47.6 Å². The van der Waals surface area contributed by atoms with Gasteiger partial charge in [0.25, 0.3) is 0 Å². The molecule has 15 nitrogen and oxygen atoms in total. The smallest absolute Gasteiger partial charge is 0.413 e. The first-order valence-electron chi connectivity index (χ1n) is 13.0. The van der Waals surface area contributed by atoms with Gasteiger partial charge in [-0.3, -0.25) is 0 Å². The lowest BCUT2D eigenvalue weighted by atomic mass is 10.0. The predicted octanol–water partition coefficient (Wildman–Crippen LogP) is 5.99. The molecular weight excluding hydrogens is 656 g/mol. The monoisotopic (exact) mass is 682 g/mol. The van der Waals surface area contributed by atoms with Crippen molar-refractivity contribution in [3.63, 3.8) is 0 Å². The van der Waals surface area contributed by atoms with Gasteiger partial charge in [-0.15, -0.1) is 0 Å². The number of thiocarbonyl (C=S) groups is 1. The van der Waals surface area contributed by atoms with E-state index in [4.69, 9.17) is 35.9 Å². The van der Waals surface area contributed by atoms with Crippen molar-refractivity contribution >= 4 is 59.8 Å². The zero-order valence-electron chi connectivity index (χ0n) is 25.8. The van der Waals surface area contributed by atoms with Crippen molar-refractivity contribution in [2.24, 2.45) is 0 Å². The fourth-order valence-corrected chi connectivity index (χ4v) is 2.96. The number of hydrogen-bond acceptors (Lipinski definition) is 16. The van der Waals surface area contributed by atoms with Gasteiger partial charge in [-0.25, -0.2) is 33.6 Å². The Bertz CT molecular complexity index is 1650. The number of esters is 4. The van der Waals surface area contributed by atoms with E-state index in [9.17, 15) is 33.6 Å². The molecule has 250 valence electrons. The summed E-state index contributed by atoms with van der Waals surface area (Å²) in [5.41, 5.74) is 0.0359. The number of carbonyl (C=O) groups is 7. The maximum atomic E-state index is 12.3. The van der Waals surface area contributed by atoms with Gasteiger partial charge < -0.3 is 37.9 Å². The van der Waals surface area contributed by atoms with Crippen molar-refractivity contribution in [3.05, 3.63) is 85.0 Å². The van der Waals surface area contributed by atoms with Crippen molar-refractivity contribution in [1.82, 2.24) is 0 Å². The Balaban J connectivity index is 2.57. The molecule has 0 saturated heterocycles. The van der Waals surface area contributed by atoms with Gasteiger partial charge in [0, 0.05) is 34.5 Å². The molecule has 0 atom stereocenters. The molecule has 0 aliphatic carbocycles. The lowest BCUT2D eigenvalue weighted by Crippen LogP contribution is -2.19. The third-order valence-electron chi connectivity index (χ3n) is 5.09. The van der Waals surface area contributed by atoms with Crippen LogP contribution >= 0.6 is 12.2 Å². The standard InChI is InChI=1S/C32H26O15S/c1-15(2)25(33)44-29(37)40-21-11-9-19(13-23(21)42-31(39)46-27(35)17(5)6)20-10-12-22(41-30(38)45-26(34)16(3)4)24(14-20)43-32(48)47-28(36)18(7)8/h9-14H,1,3,5,7H2,2,4,6,8H3. The predicted molar refractivity (Wildman–Crippen MR) is 167 cm³/mol. The fourth-order valence-electron chi connectivity index (χ4n) is 2.80. The Labute approximate surface area is 277 Å². The summed E-state index contributed by atoms with van der Waals surface area (Å²) in [6.45, 7) is 18.7. The Hall–Kier alpha value is -6.42. The van der Waals surface area contributed by atoms with Crippen molar-refractivity contribution in [3.8, 4) is 34.1 Å². The molecule has 0 amide bonds. The molecule has 0 saturated carbocycles. The second kappa shape index (κ2) is 16.8. The summed E-state index contributed by atoms with van der Waals surface area (Å²) in [5.74, 6) is -5.90. The van der Waals surface area contributed by atoms with E-state index >= 15 is 0 Å². The van der Waals surface area contributed by atoms with Crippen LogP contribution in [0, 0.1) is 0 Å². The molecule has 2 aromatic carbocycles. The molecule has 0 aromatic heterocycles. The van der Waals surface area contributed by atoms with E-state index in [-0.39, 0.29) is 44.9 Å². The van der Waals surface area contributed by atoms with E-state index in [1.807, 2.05) is 0 Å². The van der Waals surface area contributed by atoms with Gasteiger partial charge in [0.15, 0.2) is 23.0 Å². The summed E-state index contributed by atoms with van der Waals surface area (Å²) in [4.78, 5) is 84.0. The van der Waals surface area contributed by atoms with Crippen molar-refractivity contribution < 1.29 is 71.5 Å². The molecule has 0 N–H and O–H groups in total. The number of benzene rings is 2. The van der Waals surface area contributed by atoms with Gasteiger partial charge in [-0.2, -0.15) is 0 Å². The number of hydrogen-bond donors (Lipinski definition) is 0. The Kier molecular flexibility index (Phi) is 13.2. The summed E-state index contributed by atoms with van der Waals surface area (Å²) in [6, 6.07) is 7.32. The largest absolute Gasteiger partial charge is 0.522 e. The van der Waals surface area contributed by atoms with E-state index in [1.54, 1.807) is 0 Å². The summed E-state index contributed by atoms with van der Waals surface area (Å²) < 4.78 is 38.9. The molecule has 0 aliphatic rings. The summed E-state index contributed by atoms with van der Waals surface area (Å²) >= 11 is 4.95. The van der Waals surface area contributed by atoms with Gasteiger partial charge in [-0.1, -0.05) is 38.4 Å². The SMILES string of the molecule is C=C(C)C(=O)OC(=O)Oc1ccc(-c2ccc(OC(=O)OC(=O)C(=C)C)c(OC(=S)OC(=O)C(=C)C)c2)cc1OC(=O)OC(=O)C(=C)C. The molecule has 0 spiro atoms. The minimum absolute atomic E-state index is 0.0146. The average molecular weight is 683 g/mol. The Morgan fingerprint density at radius 2 is 0.750 bits per heavy atom. The van der Waals surface area contributed by atoms with Crippen LogP contribution in [0.1, 0.15) is 27.7 Å². The van der Waals surface area contributed by atoms with Crippen LogP contribution in [-0.2, 0) is 38.1 Å². The lowest BCUT2D eigenvalue weighted by Gasteiger charge is -2.14. The molecule has 48 heavy (non-hydrogen) atoms. The quantitative estimate of drug-likeness (QED) is 0.0746. The van der Waals surface area contributed by atoms with Gasteiger partial charge in [-0.05, 0) is 63.1 Å². The Morgan fingerprint density at radius 1 is 0.458 bits per heavy atom.